The standard InChI is InChI=1S/C24H19FN2O5S/c1-11-12(2)33-24(26-11)27-19(14-6-5-7-17(30-3)21(14)31-4)18-20(28)15-10-13(25)8-9-16(15)32-22(18)23(27)29/h5-10,19H,1-4H3. The van der Waals surface area contributed by atoms with Crippen LogP contribution in [0.2, 0.25) is 0 Å². The van der Waals surface area contributed by atoms with Crippen LogP contribution in [0.3, 0.4) is 0 Å². The first-order valence-corrected chi connectivity index (χ1v) is 10.9. The number of para-hydroxylation sites is 1. The lowest BCUT2D eigenvalue weighted by Crippen LogP contribution is -2.29. The molecule has 2 aromatic heterocycles. The Morgan fingerprint density at radius 1 is 1.12 bits per heavy atom. The fourth-order valence-corrected chi connectivity index (χ4v) is 5.06. The summed E-state index contributed by atoms with van der Waals surface area (Å²) >= 11 is 1.34. The van der Waals surface area contributed by atoms with Crippen molar-refractivity contribution in [2.75, 3.05) is 19.1 Å². The Morgan fingerprint density at radius 3 is 2.58 bits per heavy atom. The van der Waals surface area contributed by atoms with Gasteiger partial charge in [0.2, 0.25) is 5.76 Å². The van der Waals surface area contributed by atoms with E-state index >= 15 is 0 Å². The van der Waals surface area contributed by atoms with Gasteiger partial charge in [-0.2, -0.15) is 0 Å². The summed E-state index contributed by atoms with van der Waals surface area (Å²) in [6, 6.07) is 7.98. The van der Waals surface area contributed by atoms with E-state index < -0.39 is 23.2 Å². The number of hydrogen-bond acceptors (Lipinski definition) is 7. The van der Waals surface area contributed by atoms with Crippen LogP contribution in [0.15, 0.2) is 45.6 Å². The number of aromatic nitrogens is 1. The molecule has 0 bridgehead atoms. The van der Waals surface area contributed by atoms with Gasteiger partial charge in [0.25, 0.3) is 5.91 Å². The number of thiazole rings is 1. The number of methoxy groups -OCH3 is 2. The summed E-state index contributed by atoms with van der Waals surface area (Å²) in [5.74, 6) is -0.355. The average molecular weight is 466 g/mol. The number of halogens is 1. The number of benzene rings is 2. The summed E-state index contributed by atoms with van der Waals surface area (Å²) in [6.45, 7) is 3.76. The Bertz CT molecular complexity index is 1470. The van der Waals surface area contributed by atoms with Crippen molar-refractivity contribution in [3.63, 3.8) is 0 Å². The Morgan fingerprint density at radius 2 is 1.91 bits per heavy atom. The molecule has 33 heavy (non-hydrogen) atoms. The molecular weight excluding hydrogens is 447 g/mol. The predicted molar refractivity (Wildman–Crippen MR) is 122 cm³/mol. The molecule has 1 aliphatic rings. The largest absolute Gasteiger partial charge is 0.493 e. The van der Waals surface area contributed by atoms with E-state index in [4.69, 9.17) is 13.9 Å². The monoisotopic (exact) mass is 466 g/mol. The third-order valence-electron chi connectivity index (χ3n) is 5.78. The van der Waals surface area contributed by atoms with Gasteiger partial charge in [0, 0.05) is 10.4 Å². The zero-order valence-electron chi connectivity index (χ0n) is 18.3. The van der Waals surface area contributed by atoms with Gasteiger partial charge in [0.1, 0.15) is 17.4 Å². The fourth-order valence-electron chi connectivity index (χ4n) is 4.12. The van der Waals surface area contributed by atoms with Gasteiger partial charge in [0.15, 0.2) is 22.1 Å². The van der Waals surface area contributed by atoms with Crippen LogP contribution in [0.4, 0.5) is 9.52 Å². The van der Waals surface area contributed by atoms with Crippen molar-refractivity contribution in [2.24, 2.45) is 0 Å². The Kier molecular flexibility index (Phi) is 4.93. The van der Waals surface area contributed by atoms with E-state index in [1.807, 2.05) is 13.8 Å². The minimum Gasteiger partial charge on any atom is -0.493 e. The molecule has 168 valence electrons. The van der Waals surface area contributed by atoms with Crippen molar-refractivity contribution in [2.45, 2.75) is 19.9 Å². The van der Waals surface area contributed by atoms with Crippen molar-refractivity contribution in [3.8, 4) is 11.5 Å². The number of carbonyl (C=O) groups is 1. The average Bonchev–Trinajstić information content (AvgIpc) is 3.29. The second-order valence-electron chi connectivity index (χ2n) is 7.61. The van der Waals surface area contributed by atoms with E-state index in [-0.39, 0.29) is 22.3 Å². The van der Waals surface area contributed by atoms with Gasteiger partial charge in [-0.05, 0) is 38.1 Å². The molecule has 0 N–H and O–H groups in total. The molecule has 0 aliphatic carbocycles. The molecule has 0 saturated heterocycles. The molecule has 1 atom stereocenters. The summed E-state index contributed by atoms with van der Waals surface area (Å²) in [5.41, 5.74) is 1.06. The number of carbonyl (C=O) groups excluding carboxylic acids is 1. The Balaban J connectivity index is 1.87. The van der Waals surface area contributed by atoms with Crippen molar-refractivity contribution in [3.05, 3.63) is 79.9 Å². The number of ether oxygens (including phenoxy) is 2. The van der Waals surface area contributed by atoms with Crippen LogP contribution in [0.5, 0.6) is 11.5 Å². The fraction of sp³-hybridized carbons (Fsp3) is 0.208. The Hall–Kier alpha value is -3.72. The molecule has 0 saturated carbocycles. The lowest BCUT2D eigenvalue weighted by molar-refractivity contribution is 0.0970. The molecule has 0 spiro atoms. The second kappa shape index (κ2) is 7.70. The maximum atomic E-state index is 14.0. The highest BCUT2D eigenvalue weighted by Crippen LogP contribution is 2.47. The third-order valence-corrected chi connectivity index (χ3v) is 6.86. The van der Waals surface area contributed by atoms with E-state index in [0.717, 1.165) is 16.6 Å². The molecule has 0 radical (unpaired) electrons. The van der Waals surface area contributed by atoms with Crippen molar-refractivity contribution >= 4 is 33.3 Å². The molecule has 5 rings (SSSR count). The summed E-state index contributed by atoms with van der Waals surface area (Å²) in [7, 11) is 2.99. The smallest absolute Gasteiger partial charge is 0.297 e. The van der Waals surface area contributed by atoms with E-state index in [0.29, 0.717) is 22.2 Å². The van der Waals surface area contributed by atoms with Gasteiger partial charge >= 0.3 is 0 Å². The van der Waals surface area contributed by atoms with Crippen LogP contribution in [0.1, 0.15) is 38.3 Å². The van der Waals surface area contributed by atoms with Crippen LogP contribution < -0.4 is 19.8 Å². The molecule has 1 unspecified atom stereocenters. The van der Waals surface area contributed by atoms with Crippen molar-refractivity contribution in [1.82, 2.24) is 4.98 Å². The topological polar surface area (TPSA) is 81.9 Å². The van der Waals surface area contributed by atoms with Crippen LogP contribution >= 0.6 is 11.3 Å². The maximum absolute atomic E-state index is 14.0. The summed E-state index contributed by atoms with van der Waals surface area (Å²) < 4.78 is 30.9. The predicted octanol–water partition coefficient (Wildman–Crippen LogP) is 4.77. The van der Waals surface area contributed by atoms with Gasteiger partial charge in [-0.25, -0.2) is 9.37 Å². The quantitative estimate of drug-likeness (QED) is 0.431. The van der Waals surface area contributed by atoms with Crippen LogP contribution in [-0.4, -0.2) is 25.1 Å². The van der Waals surface area contributed by atoms with Gasteiger partial charge in [-0.1, -0.05) is 12.1 Å². The first kappa shape index (κ1) is 21.1. The lowest BCUT2D eigenvalue weighted by atomic mass is 9.97. The zero-order chi connectivity index (χ0) is 23.4. The van der Waals surface area contributed by atoms with Gasteiger partial charge in [-0.15, -0.1) is 11.3 Å². The number of amides is 1. The first-order chi connectivity index (χ1) is 15.8. The molecule has 1 aliphatic heterocycles. The molecule has 1 amide bonds. The minimum atomic E-state index is -0.897. The molecule has 2 aromatic carbocycles. The number of anilines is 1. The number of rotatable bonds is 4. The highest BCUT2D eigenvalue weighted by Gasteiger charge is 2.46. The number of nitrogens with zero attached hydrogens (tertiary/aromatic N) is 2. The molecule has 3 heterocycles. The molecule has 0 fully saturated rings. The highest BCUT2D eigenvalue weighted by atomic mass is 32.1. The number of aryl methyl sites for hydroxylation is 2. The highest BCUT2D eigenvalue weighted by molar-refractivity contribution is 7.15. The third kappa shape index (κ3) is 3.11. The van der Waals surface area contributed by atoms with E-state index in [1.54, 1.807) is 18.2 Å². The van der Waals surface area contributed by atoms with Crippen LogP contribution in [0.25, 0.3) is 11.0 Å². The number of hydrogen-bond donors (Lipinski definition) is 0. The van der Waals surface area contributed by atoms with Gasteiger partial charge in [0.05, 0.1) is 30.9 Å². The normalized spacial score (nSPS) is 15.2. The summed E-state index contributed by atoms with van der Waals surface area (Å²) in [4.78, 5) is 34.2. The van der Waals surface area contributed by atoms with Crippen molar-refractivity contribution < 1.29 is 23.1 Å². The van der Waals surface area contributed by atoms with E-state index in [9.17, 15) is 14.0 Å². The molecular formula is C24H19FN2O5S. The molecule has 4 aromatic rings. The molecule has 7 nitrogen and oxygen atoms in total. The van der Waals surface area contributed by atoms with Gasteiger partial charge in [-0.3, -0.25) is 14.5 Å². The van der Waals surface area contributed by atoms with E-state index in [1.165, 1.54) is 42.6 Å². The van der Waals surface area contributed by atoms with Crippen LogP contribution in [0, 0.1) is 19.7 Å². The Labute approximate surface area is 192 Å². The first-order valence-electron chi connectivity index (χ1n) is 10.1. The van der Waals surface area contributed by atoms with Crippen LogP contribution in [-0.2, 0) is 0 Å². The number of fused-ring (bicyclic) bond motifs is 2. The van der Waals surface area contributed by atoms with Crippen molar-refractivity contribution in [1.29, 1.82) is 0 Å². The zero-order valence-corrected chi connectivity index (χ0v) is 19.1. The minimum absolute atomic E-state index is 0.0572. The SMILES string of the molecule is COc1cccc(C2c3c(oc4ccc(F)cc4c3=O)C(=O)N2c2nc(C)c(C)s2)c1OC. The second-order valence-corrected chi connectivity index (χ2v) is 8.79. The van der Waals surface area contributed by atoms with E-state index in [2.05, 4.69) is 4.98 Å². The van der Waals surface area contributed by atoms with Gasteiger partial charge < -0.3 is 13.9 Å². The lowest BCUT2D eigenvalue weighted by Gasteiger charge is -2.24. The summed E-state index contributed by atoms with van der Waals surface area (Å²) in [6.07, 6.45) is 0. The molecule has 9 heteroatoms. The maximum Gasteiger partial charge on any atom is 0.297 e. The summed E-state index contributed by atoms with van der Waals surface area (Å²) in [5, 5.41) is 0.479.